The van der Waals surface area contributed by atoms with E-state index in [1.165, 1.54) is 11.8 Å². The maximum absolute atomic E-state index is 11.7. The number of carbonyl (C=O) groups is 2. The molecule has 6 heteroatoms. The van der Waals surface area contributed by atoms with Gasteiger partial charge in [0.1, 0.15) is 0 Å². The van der Waals surface area contributed by atoms with E-state index in [2.05, 4.69) is 0 Å². The first-order valence-corrected chi connectivity index (χ1v) is 6.33. The third-order valence-electron chi connectivity index (χ3n) is 3.14. The zero-order valence-electron chi connectivity index (χ0n) is 11.6. The van der Waals surface area contributed by atoms with Gasteiger partial charge >= 0.3 is 5.97 Å². The average Bonchev–Trinajstić information content (AvgIpc) is 2.81. The molecule has 1 N–H and O–H groups in total. The quantitative estimate of drug-likeness (QED) is 0.909. The van der Waals surface area contributed by atoms with E-state index in [1.54, 1.807) is 32.0 Å². The normalized spacial score (nSPS) is 14.2. The second-order valence-electron chi connectivity index (χ2n) is 4.87. The van der Waals surface area contributed by atoms with E-state index < -0.39 is 12.0 Å². The van der Waals surface area contributed by atoms with Crippen LogP contribution in [0.15, 0.2) is 18.2 Å². The molecule has 0 radical (unpaired) electrons. The lowest BCUT2D eigenvalue weighted by Gasteiger charge is -2.31. The zero-order valence-corrected chi connectivity index (χ0v) is 11.6. The van der Waals surface area contributed by atoms with Gasteiger partial charge in [0, 0.05) is 13.0 Å². The summed E-state index contributed by atoms with van der Waals surface area (Å²) < 4.78 is 10.4. The third kappa shape index (κ3) is 2.54. The molecule has 1 aromatic rings. The lowest BCUT2D eigenvalue weighted by molar-refractivity contribution is -0.151. The number of amides is 1. The van der Waals surface area contributed by atoms with Crippen LogP contribution in [0.3, 0.4) is 0 Å². The fourth-order valence-electron chi connectivity index (χ4n) is 2.35. The summed E-state index contributed by atoms with van der Waals surface area (Å²) >= 11 is 0. The first-order valence-electron chi connectivity index (χ1n) is 6.33. The molecule has 0 bridgehead atoms. The Balaban J connectivity index is 2.43. The Bertz CT molecular complexity index is 540. The lowest BCUT2D eigenvalue weighted by Crippen LogP contribution is -2.42. The van der Waals surface area contributed by atoms with Crippen LogP contribution >= 0.6 is 0 Å². The lowest BCUT2D eigenvalue weighted by atomic mass is 10.0. The predicted octanol–water partition coefficient (Wildman–Crippen LogP) is 1.80. The SMILES string of the molecule is CC(=O)N(C(C)C)C(C(=O)O)c1ccc2c(c1)OCO2. The molecule has 0 spiro atoms. The summed E-state index contributed by atoms with van der Waals surface area (Å²) in [5.41, 5.74) is 0.491. The summed E-state index contributed by atoms with van der Waals surface area (Å²) in [6.45, 7) is 5.05. The van der Waals surface area contributed by atoms with Gasteiger partial charge in [-0.2, -0.15) is 0 Å². The number of nitrogens with zero attached hydrogens (tertiary/aromatic N) is 1. The molecular formula is C14H17NO5. The first-order chi connectivity index (χ1) is 9.41. The van der Waals surface area contributed by atoms with Crippen LogP contribution in [0.2, 0.25) is 0 Å². The Morgan fingerprint density at radius 2 is 1.90 bits per heavy atom. The van der Waals surface area contributed by atoms with Crippen molar-refractivity contribution >= 4 is 11.9 Å². The van der Waals surface area contributed by atoms with Crippen LogP contribution in [0.5, 0.6) is 11.5 Å². The van der Waals surface area contributed by atoms with Gasteiger partial charge in [0.25, 0.3) is 0 Å². The van der Waals surface area contributed by atoms with Crippen LogP contribution < -0.4 is 9.47 Å². The Morgan fingerprint density at radius 1 is 1.25 bits per heavy atom. The van der Waals surface area contributed by atoms with Crippen molar-refractivity contribution in [3.63, 3.8) is 0 Å². The minimum absolute atomic E-state index is 0.122. The van der Waals surface area contributed by atoms with Gasteiger partial charge < -0.3 is 19.5 Å². The number of carbonyl (C=O) groups excluding carboxylic acids is 1. The van der Waals surface area contributed by atoms with Gasteiger partial charge in [-0.1, -0.05) is 6.07 Å². The van der Waals surface area contributed by atoms with Gasteiger partial charge in [-0.15, -0.1) is 0 Å². The van der Waals surface area contributed by atoms with Crippen LogP contribution in [0.4, 0.5) is 0 Å². The molecule has 1 heterocycles. The van der Waals surface area contributed by atoms with E-state index >= 15 is 0 Å². The van der Waals surface area contributed by atoms with Crippen molar-refractivity contribution in [2.24, 2.45) is 0 Å². The number of fused-ring (bicyclic) bond motifs is 1. The van der Waals surface area contributed by atoms with E-state index in [0.29, 0.717) is 17.1 Å². The van der Waals surface area contributed by atoms with Gasteiger partial charge in [0.15, 0.2) is 17.5 Å². The Kier molecular flexibility index (Phi) is 3.83. The van der Waals surface area contributed by atoms with Crippen molar-refractivity contribution in [3.05, 3.63) is 23.8 Å². The topological polar surface area (TPSA) is 76.1 Å². The second kappa shape index (κ2) is 5.40. The molecule has 6 nitrogen and oxygen atoms in total. The molecule has 0 fully saturated rings. The van der Waals surface area contributed by atoms with E-state index in [0.717, 1.165) is 0 Å². The molecule has 1 atom stereocenters. The van der Waals surface area contributed by atoms with Gasteiger partial charge in [-0.25, -0.2) is 4.79 Å². The maximum atomic E-state index is 11.7. The van der Waals surface area contributed by atoms with E-state index in [1.807, 2.05) is 0 Å². The predicted molar refractivity (Wildman–Crippen MR) is 70.6 cm³/mol. The number of hydrogen-bond donors (Lipinski definition) is 1. The van der Waals surface area contributed by atoms with Crippen LogP contribution in [-0.4, -0.2) is 34.7 Å². The Hall–Kier alpha value is -2.24. The molecule has 1 unspecified atom stereocenters. The highest BCUT2D eigenvalue weighted by atomic mass is 16.7. The number of carboxylic acid groups (broad SMARTS) is 1. The van der Waals surface area contributed by atoms with E-state index in [-0.39, 0.29) is 18.7 Å². The average molecular weight is 279 g/mol. The number of carboxylic acids is 1. The number of aliphatic carboxylic acids is 1. The van der Waals surface area contributed by atoms with Gasteiger partial charge in [0.05, 0.1) is 0 Å². The molecule has 0 saturated carbocycles. The van der Waals surface area contributed by atoms with E-state index in [9.17, 15) is 14.7 Å². The molecule has 1 aromatic carbocycles. The van der Waals surface area contributed by atoms with E-state index in [4.69, 9.17) is 9.47 Å². The van der Waals surface area contributed by atoms with Crippen molar-refractivity contribution in [1.82, 2.24) is 4.90 Å². The largest absolute Gasteiger partial charge is 0.479 e. The summed E-state index contributed by atoms with van der Waals surface area (Å²) in [6, 6.07) is 3.65. The Morgan fingerprint density at radius 3 is 2.45 bits per heavy atom. The maximum Gasteiger partial charge on any atom is 0.331 e. The smallest absolute Gasteiger partial charge is 0.331 e. The summed E-state index contributed by atoms with van der Waals surface area (Å²) in [7, 11) is 0. The molecule has 0 saturated heterocycles. The van der Waals surface area contributed by atoms with Crippen LogP contribution in [0.25, 0.3) is 0 Å². The van der Waals surface area contributed by atoms with Crippen molar-refractivity contribution in [3.8, 4) is 11.5 Å². The number of rotatable bonds is 4. The highest BCUT2D eigenvalue weighted by Crippen LogP contribution is 2.36. The number of hydrogen-bond acceptors (Lipinski definition) is 4. The summed E-state index contributed by atoms with van der Waals surface area (Å²) in [6.07, 6.45) is 0. The molecule has 0 aliphatic carbocycles. The molecule has 1 amide bonds. The fraction of sp³-hybridized carbons (Fsp3) is 0.429. The number of benzene rings is 1. The molecule has 2 rings (SSSR count). The summed E-state index contributed by atoms with van der Waals surface area (Å²) in [4.78, 5) is 24.7. The molecule has 1 aliphatic heterocycles. The molecular weight excluding hydrogens is 262 g/mol. The zero-order chi connectivity index (χ0) is 14.9. The van der Waals surface area contributed by atoms with Crippen LogP contribution in [0.1, 0.15) is 32.4 Å². The van der Waals surface area contributed by atoms with Gasteiger partial charge in [-0.05, 0) is 31.5 Å². The highest BCUT2D eigenvalue weighted by molar-refractivity contribution is 5.84. The second-order valence-corrected chi connectivity index (χ2v) is 4.87. The minimum atomic E-state index is -1.08. The molecule has 20 heavy (non-hydrogen) atoms. The summed E-state index contributed by atoms with van der Waals surface area (Å²) in [5.74, 6) is -0.282. The van der Waals surface area contributed by atoms with Crippen molar-refractivity contribution in [2.75, 3.05) is 6.79 Å². The third-order valence-corrected chi connectivity index (χ3v) is 3.14. The Labute approximate surface area is 116 Å². The minimum Gasteiger partial charge on any atom is -0.479 e. The van der Waals surface area contributed by atoms with Crippen molar-refractivity contribution in [1.29, 1.82) is 0 Å². The van der Waals surface area contributed by atoms with Gasteiger partial charge in [-0.3, -0.25) is 4.79 Å². The molecule has 1 aliphatic rings. The standard InChI is InChI=1S/C14H17NO5/c1-8(2)15(9(3)16)13(14(17)18)10-4-5-11-12(6-10)20-7-19-11/h4-6,8,13H,7H2,1-3H3,(H,17,18). The molecule has 0 aromatic heterocycles. The van der Waals surface area contributed by atoms with Crippen LogP contribution in [0, 0.1) is 0 Å². The molecule has 108 valence electrons. The monoisotopic (exact) mass is 279 g/mol. The van der Waals surface area contributed by atoms with Gasteiger partial charge in [0.2, 0.25) is 12.7 Å². The summed E-state index contributed by atoms with van der Waals surface area (Å²) in [5, 5.41) is 9.48. The van der Waals surface area contributed by atoms with Crippen molar-refractivity contribution < 1.29 is 24.2 Å². The first kappa shape index (κ1) is 14.2. The fourth-order valence-corrected chi connectivity index (χ4v) is 2.35. The highest BCUT2D eigenvalue weighted by Gasteiger charge is 2.32. The van der Waals surface area contributed by atoms with Crippen molar-refractivity contribution in [2.45, 2.75) is 32.9 Å². The number of ether oxygens (including phenoxy) is 2. The van der Waals surface area contributed by atoms with Crippen LogP contribution in [-0.2, 0) is 9.59 Å².